The van der Waals surface area contributed by atoms with E-state index in [1.165, 1.54) is 0 Å². The fourth-order valence-electron chi connectivity index (χ4n) is 2.39. The third-order valence-electron chi connectivity index (χ3n) is 3.49. The minimum absolute atomic E-state index is 0.0202. The number of aliphatic hydroxyl groups is 1. The quantitative estimate of drug-likeness (QED) is 0.861. The summed E-state index contributed by atoms with van der Waals surface area (Å²) in [4.78, 5) is 0. The molecule has 1 atom stereocenters. The molecule has 0 amide bonds. The van der Waals surface area contributed by atoms with Crippen LogP contribution in [0.4, 0.5) is 0 Å². The Bertz CT molecular complexity index is 523. The van der Waals surface area contributed by atoms with Gasteiger partial charge in [-0.1, -0.05) is 11.8 Å². The van der Waals surface area contributed by atoms with Crippen LogP contribution < -0.4 is 4.74 Å². The molecule has 108 valence electrons. The average molecular weight is 274 g/mol. The van der Waals surface area contributed by atoms with E-state index in [1.54, 1.807) is 0 Å². The Kier molecular flexibility index (Phi) is 4.69. The van der Waals surface area contributed by atoms with Crippen molar-refractivity contribution in [1.29, 1.82) is 0 Å². The lowest BCUT2D eigenvalue weighted by Crippen LogP contribution is -2.23. The summed E-state index contributed by atoms with van der Waals surface area (Å²) in [7, 11) is 0. The van der Waals surface area contributed by atoms with Gasteiger partial charge in [-0.05, 0) is 57.4 Å². The summed E-state index contributed by atoms with van der Waals surface area (Å²) in [6.07, 6.45) is 2.31. The van der Waals surface area contributed by atoms with Crippen molar-refractivity contribution in [2.75, 3.05) is 13.2 Å². The van der Waals surface area contributed by atoms with Crippen LogP contribution in [-0.2, 0) is 4.74 Å². The number of ether oxygens (including phenoxy) is 2. The van der Waals surface area contributed by atoms with Crippen molar-refractivity contribution in [3.8, 4) is 17.6 Å². The van der Waals surface area contributed by atoms with Gasteiger partial charge in [-0.3, -0.25) is 0 Å². The van der Waals surface area contributed by atoms with Gasteiger partial charge in [0.2, 0.25) is 0 Å². The Morgan fingerprint density at radius 3 is 2.85 bits per heavy atom. The van der Waals surface area contributed by atoms with E-state index in [4.69, 9.17) is 14.6 Å². The van der Waals surface area contributed by atoms with E-state index in [-0.39, 0.29) is 18.3 Å². The second-order valence-corrected chi connectivity index (χ2v) is 5.79. The van der Waals surface area contributed by atoms with Crippen molar-refractivity contribution in [3.63, 3.8) is 0 Å². The molecule has 1 aromatic carbocycles. The summed E-state index contributed by atoms with van der Waals surface area (Å²) in [6, 6.07) is 5.81. The molecule has 0 radical (unpaired) electrons. The highest BCUT2D eigenvalue weighted by Crippen LogP contribution is 2.29. The van der Waals surface area contributed by atoms with E-state index >= 15 is 0 Å². The molecule has 1 aromatic rings. The van der Waals surface area contributed by atoms with Crippen LogP contribution in [-0.4, -0.2) is 30.0 Å². The SMILES string of the molecule is Cc1cc(OCC2CCC(C)(C)O2)ccc1C#CCO. The van der Waals surface area contributed by atoms with Crippen LogP contribution in [0.25, 0.3) is 0 Å². The first-order valence-corrected chi connectivity index (χ1v) is 7.01. The second-order valence-electron chi connectivity index (χ2n) is 5.79. The minimum Gasteiger partial charge on any atom is -0.491 e. The maximum absolute atomic E-state index is 8.71. The smallest absolute Gasteiger partial charge is 0.119 e. The fourth-order valence-corrected chi connectivity index (χ4v) is 2.39. The Morgan fingerprint density at radius 2 is 2.25 bits per heavy atom. The number of aryl methyl sites for hydroxylation is 1. The van der Waals surface area contributed by atoms with Gasteiger partial charge in [-0.15, -0.1) is 0 Å². The molecule has 3 heteroatoms. The maximum atomic E-state index is 8.71. The van der Waals surface area contributed by atoms with Gasteiger partial charge in [0.05, 0.1) is 11.7 Å². The predicted octanol–water partition coefficient (Wildman–Crippen LogP) is 2.68. The summed E-state index contributed by atoms with van der Waals surface area (Å²) < 4.78 is 11.7. The Balaban J connectivity index is 1.92. The molecule has 1 aliphatic heterocycles. The van der Waals surface area contributed by atoms with Crippen LogP contribution in [0.3, 0.4) is 0 Å². The van der Waals surface area contributed by atoms with E-state index in [1.807, 2.05) is 25.1 Å². The highest BCUT2D eigenvalue weighted by Gasteiger charge is 2.31. The Labute approximate surface area is 120 Å². The zero-order valence-corrected chi connectivity index (χ0v) is 12.4. The summed E-state index contributed by atoms with van der Waals surface area (Å²) in [5.74, 6) is 6.41. The Morgan fingerprint density at radius 1 is 1.45 bits per heavy atom. The number of hydrogen-bond acceptors (Lipinski definition) is 3. The van der Waals surface area contributed by atoms with Crippen molar-refractivity contribution in [2.24, 2.45) is 0 Å². The second kappa shape index (κ2) is 6.30. The number of benzene rings is 1. The van der Waals surface area contributed by atoms with Gasteiger partial charge in [-0.2, -0.15) is 0 Å². The number of rotatable bonds is 3. The van der Waals surface area contributed by atoms with Gasteiger partial charge in [0.15, 0.2) is 0 Å². The van der Waals surface area contributed by atoms with E-state index in [0.29, 0.717) is 6.61 Å². The monoisotopic (exact) mass is 274 g/mol. The predicted molar refractivity (Wildman–Crippen MR) is 78.8 cm³/mol. The van der Waals surface area contributed by atoms with Crippen molar-refractivity contribution in [1.82, 2.24) is 0 Å². The lowest BCUT2D eigenvalue weighted by atomic mass is 10.1. The molecule has 1 N–H and O–H groups in total. The van der Waals surface area contributed by atoms with Gasteiger partial charge in [0.25, 0.3) is 0 Å². The van der Waals surface area contributed by atoms with E-state index in [0.717, 1.165) is 29.7 Å². The third-order valence-corrected chi connectivity index (χ3v) is 3.49. The molecule has 0 bridgehead atoms. The highest BCUT2D eigenvalue weighted by atomic mass is 16.6. The molecule has 1 aliphatic rings. The van der Waals surface area contributed by atoms with Gasteiger partial charge >= 0.3 is 0 Å². The largest absolute Gasteiger partial charge is 0.491 e. The number of hydrogen-bond donors (Lipinski definition) is 1. The minimum atomic E-state index is -0.119. The molecule has 0 aromatic heterocycles. The maximum Gasteiger partial charge on any atom is 0.119 e. The Hall–Kier alpha value is -1.50. The molecule has 2 rings (SSSR count). The topological polar surface area (TPSA) is 38.7 Å². The zero-order chi connectivity index (χ0) is 14.6. The van der Waals surface area contributed by atoms with Crippen molar-refractivity contribution in [3.05, 3.63) is 29.3 Å². The number of aliphatic hydroxyl groups excluding tert-OH is 1. The highest BCUT2D eigenvalue weighted by molar-refractivity contribution is 5.44. The average Bonchev–Trinajstić information content (AvgIpc) is 2.75. The van der Waals surface area contributed by atoms with Crippen LogP contribution in [0.1, 0.15) is 37.8 Å². The molecule has 1 unspecified atom stereocenters. The summed E-state index contributed by atoms with van der Waals surface area (Å²) in [5, 5.41) is 8.71. The van der Waals surface area contributed by atoms with Gasteiger partial charge < -0.3 is 14.6 Å². The van der Waals surface area contributed by atoms with E-state index < -0.39 is 0 Å². The van der Waals surface area contributed by atoms with Crippen LogP contribution in [0.15, 0.2) is 18.2 Å². The molecule has 3 nitrogen and oxygen atoms in total. The van der Waals surface area contributed by atoms with Gasteiger partial charge in [0.1, 0.15) is 19.0 Å². The van der Waals surface area contributed by atoms with Gasteiger partial charge in [0, 0.05) is 5.56 Å². The summed E-state index contributed by atoms with van der Waals surface area (Å²) in [6.45, 7) is 6.69. The first-order chi connectivity index (χ1) is 9.50. The molecule has 0 aliphatic carbocycles. The first-order valence-electron chi connectivity index (χ1n) is 7.01. The van der Waals surface area contributed by atoms with Crippen molar-refractivity contribution in [2.45, 2.75) is 45.3 Å². The third kappa shape index (κ3) is 4.00. The first kappa shape index (κ1) is 14.9. The van der Waals surface area contributed by atoms with Crippen molar-refractivity contribution >= 4 is 0 Å². The van der Waals surface area contributed by atoms with E-state index in [9.17, 15) is 0 Å². The molecule has 0 saturated carbocycles. The summed E-state index contributed by atoms with van der Waals surface area (Å²) in [5.41, 5.74) is 1.95. The van der Waals surface area contributed by atoms with Crippen LogP contribution in [0, 0.1) is 18.8 Å². The summed E-state index contributed by atoms with van der Waals surface area (Å²) >= 11 is 0. The fraction of sp³-hybridized carbons (Fsp3) is 0.529. The molecule has 1 saturated heterocycles. The molecular formula is C17H22O3. The molecule has 20 heavy (non-hydrogen) atoms. The van der Waals surface area contributed by atoms with Gasteiger partial charge in [-0.25, -0.2) is 0 Å². The van der Waals surface area contributed by atoms with Crippen LogP contribution in [0.5, 0.6) is 5.75 Å². The molecule has 1 heterocycles. The molecular weight excluding hydrogens is 252 g/mol. The normalized spacial score (nSPS) is 20.3. The molecule has 1 fully saturated rings. The van der Waals surface area contributed by atoms with Crippen molar-refractivity contribution < 1.29 is 14.6 Å². The van der Waals surface area contributed by atoms with Crippen LogP contribution in [0.2, 0.25) is 0 Å². The van der Waals surface area contributed by atoms with Crippen LogP contribution >= 0.6 is 0 Å². The lowest BCUT2D eigenvalue weighted by Gasteiger charge is -2.19. The van der Waals surface area contributed by atoms with E-state index in [2.05, 4.69) is 25.7 Å². The standard InChI is InChI=1S/C17H22O3/c1-13-11-15(7-6-14(13)5-4-10-18)19-12-16-8-9-17(2,3)20-16/h6-7,11,16,18H,8-10,12H2,1-3H3. The lowest BCUT2D eigenvalue weighted by molar-refractivity contribution is -0.0326. The molecule has 0 spiro atoms. The zero-order valence-electron chi connectivity index (χ0n) is 12.4.